The number of carbonyl (C=O) groups is 2. The quantitative estimate of drug-likeness (QED) is 0.802. The minimum atomic E-state index is 0.0735. The van der Waals surface area contributed by atoms with Gasteiger partial charge in [-0.15, -0.1) is 0 Å². The number of piperidine rings is 2. The lowest BCUT2D eigenvalue weighted by molar-refractivity contribution is -0.138. The van der Waals surface area contributed by atoms with Crippen LogP contribution in [0.25, 0.3) is 0 Å². The highest BCUT2D eigenvalue weighted by Crippen LogP contribution is 2.40. The molecule has 0 aliphatic carbocycles. The number of rotatable bonds is 4. The first-order valence-electron chi connectivity index (χ1n) is 10.4. The Kier molecular flexibility index (Phi) is 5.60. The van der Waals surface area contributed by atoms with Crippen molar-refractivity contribution in [3.63, 3.8) is 0 Å². The minimum Gasteiger partial charge on any atom is -0.342 e. The number of aryl methyl sites for hydroxylation is 1. The van der Waals surface area contributed by atoms with Crippen LogP contribution in [0.4, 0.5) is 0 Å². The lowest BCUT2D eigenvalue weighted by atomic mass is 9.72. The lowest BCUT2D eigenvalue weighted by Crippen LogP contribution is -2.52. The molecule has 4 rings (SSSR count). The van der Waals surface area contributed by atoms with Gasteiger partial charge in [-0.1, -0.05) is 6.07 Å². The molecule has 0 aromatic carbocycles. The number of amides is 2. The molecule has 0 saturated carbocycles. The maximum absolute atomic E-state index is 12.9. The zero-order chi connectivity index (χ0) is 20.3. The van der Waals surface area contributed by atoms with E-state index < -0.39 is 0 Å². The summed E-state index contributed by atoms with van der Waals surface area (Å²) >= 11 is 0. The van der Waals surface area contributed by atoms with Gasteiger partial charge < -0.3 is 9.80 Å². The Hall–Kier alpha value is -2.76. The average molecular weight is 393 g/mol. The molecule has 2 fully saturated rings. The van der Waals surface area contributed by atoms with Crippen LogP contribution in [0.2, 0.25) is 0 Å². The summed E-state index contributed by atoms with van der Waals surface area (Å²) in [6.07, 6.45) is 9.41. The van der Waals surface area contributed by atoms with Gasteiger partial charge in [-0.2, -0.15) is 0 Å². The second-order valence-corrected chi connectivity index (χ2v) is 8.37. The normalized spacial score (nSPS) is 18.9. The van der Waals surface area contributed by atoms with Crippen LogP contribution in [-0.2, 0) is 11.2 Å². The van der Waals surface area contributed by atoms with Crippen LogP contribution in [0.15, 0.2) is 42.9 Å². The maximum Gasteiger partial charge on any atom is 0.255 e. The van der Waals surface area contributed by atoms with Crippen LogP contribution >= 0.6 is 0 Å². The molecule has 6 nitrogen and oxygen atoms in total. The third-order valence-corrected chi connectivity index (χ3v) is 6.49. The first kappa shape index (κ1) is 19.6. The Morgan fingerprint density at radius 1 is 1.14 bits per heavy atom. The SMILES string of the molecule is Cc1ccncc1C(=O)N1CCC2(CCC(=O)N(CCc3ccccn3)C2)CC1. The van der Waals surface area contributed by atoms with Gasteiger partial charge in [0, 0.05) is 63.3 Å². The molecule has 2 aromatic rings. The molecule has 0 radical (unpaired) electrons. The fourth-order valence-corrected chi connectivity index (χ4v) is 4.55. The highest BCUT2D eigenvalue weighted by Gasteiger charge is 2.41. The Bertz CT molecular complexity index is 875. The van der Waals surface area contributed by atoms with Gasteiger partial charge in [-0.3, -0.25) is 19.6 Å². The predicted octanol–water partition coefficient (Wildman–Crippen LogP) is 2.87. The third-order valence-electron chi connectivity index (χ3n) is 6.49. The van der Waals surface area contributed by atoms with Crippen molar-refractivity contribution in [2.45, 2.75) is 39.0 Å². The molecular formula is C23H28N4O2. The molecule has 0 bridgehead atoms. The monoisotopic (exact) mass is 392 g/mol. The summed E-state index contributed by atoms with van der Waals surface area (Å²) in [7, 11) is 0. The summed E-state index contributed by atoms with van der Waals surface area (Å²) in [4.78, 5) is 37.8. The third kappa shape index (κ3) is 4.31. The molecule has 2 aromatic heterocycles. The molecule has 2 saturated heterocycles. The molecule has 0 unspecified atom stereocenters. The van der Waals surface area contributed by atoms with E-state index in [2.05, 4.69) is 9.97 Å². The van der Waals surface area contributed by atoms with Gasteiger partial charge in [0.2, 0.25) is 5.91 Å². The van der Waals surface area contributed by atoms with Crippen molar-refractivity contribution in [1.82, 2.24) is 19.8 Å². The summed E-state index contributed by atoms with van der Waals surface area (Å²) in [5, 5.41) is 0. The van der Waals surface area contributed by atoms with E-state index >= 15 is 0 Å². The maximum atomic E-state index is 12.9. The van der Waals surface area contributed by atoms with Gasteiger partial charge in [0.15, 0.2) is 0 Å². The fourth-order valence-electron chi connectivity index (χ4n) is 4.55. The van der Waals surface area contributed by atoms with Gasteiger partial charge >= 0.3 is 0 Å². The van der Waals surface area contributed by atoms with E-state index in [-0.39, 0.29) is 17.2 Å². The van der Waals surface area contributed by atoms with E-state index in [0.717, 1.165) is 63.1 Å². The number of aromatic nitrogens is 2. The van der Waals surface area contributed by atoms with Crippen LogP contribution in [0.1, 0.15) is 47.3 Å². The number of likely N-dealkylation sites (tertiary alicyclic amines) is 2. The molecule has 152 valence electrons. The Morgan fingerprint density at radius 3 is 2.69 bits per heavy atom. The standard InChI is InChI=1S/C23H28N4O2/c1-18-6-12-24-16-20(18)22(29)26-14-9-23(10-15-26)8-5-21(28)27(17-23)13-7-19-4-2-3-11-25-19/h2-4,6,11-12,16H,5,7-10,13-15,17H2,1H3. The van der Waals surface area contributed by atoms with Gasteiger partial charge in [0.25, 0.3) is 5.91 Å². The molecule has 1 spiro atoms. The van der Waals surface area contributed by atoms with E-state index in [1.165, 1.54) is 0 Å². The number of hydrogen-bond donors (Lipinski definition) is 0. The summed E-state index contributed by atoms with van der Waals surface area (Å²) < 4.78 is 0. The molecule has 0 atom stereocenters. The van der Waals surface area contributed by atoms with Crippen molar-refractivity contribution in [3.05, 3.63) is 59.7 Å². The number of nitrogens with zero attached hydrogens (tertiary/aromatic N) is 4. The van der Waals surface area contributed by atoms with E-state index in [0.29, 0.717) is 12.0 Å². The minimum absolute atomic E-state index is 0.0735. The second kappa shape index (κ2) is 8.31. The number of pyridine rings is 2. The highest BCUT2D eigenvalue weighted by molar-refractivity contribution is 5.95. The smallest absolute Gasteiger partial charge is 0.255 e. The van der Waals surface area contributed by atoms with Crippen molar-refractivity contribution in [2.24, 2.45) is 5.41 Å². The Labute approximate surface area is 172 Å². The van der Waals surface area contributed by atoms with Crippen molar-refractivity contribution in [1.29, 1.82) is 0 Å². The van der Waals surface area contributed by atoms with E-state index in [4.69, 9.17) is 0 Å². The number of hydrogen-bond acceptors (Lipinski definition) is 4. The van der Waals surface area contributed by atoms with Crippen LogP contribution < -0.4 is 0 Å². The summed E-state index contributed by atoms with van der Waals surface area (Å²) in [5.74, 6) is 0.320. The number of carbonyl (C=O) groups excluding carboxylic acids is 2. The summed E-state index contributed by atoms with van der Waals surface area (Å²) in [6.45, 7) is 4.96. The van der Waals surface area contributed by atoms with E-state index in [1.54, 1.807) is 18.6 Å². The largest absolute Gasteiger partial charge is 0.342 e. The second-order valence-electron chi connectivity index (χ2n) is 8.37. The average Bonchev–Trinajstić information content (AvgIpc) is 2.76. The van der Waals surface area contributed by atoms with Gasteiger partial charge in [-0.05, 0) is 55.4 Å². The van der Waals surface area contributed by atoms with Crippen molar-refractivity contribution in [2.75, 3.05) is 26.2 Å². The van der Waals surface area contributed by atoms with Crippen molar-refractivity contribution < 1.29 is 9.59 Å². The van der Waals surface area contributed by atoms with E-state index in [1.807, 2.05) is 41.0 Å². The zero-order valence-corrected chi connectivity index (χ0v) is 17.0. The Morgan fingerprint density at radius 2 is 1.97 bits per heavy atom. The van der Waals surface area contributed by atoms with Gasteiger partial charge in [0.05, 0.1) is 5.56 Å². The van der Waals surface area contributed by atoms with Crippen molar-refractivity contribution in [3.8, 4) is 0 Å². The molecule has 6 heteroatoms. The summed E-state index contributed by atoms with van der Waals surface area (Å²) in [5.41, 5.74) is 2.82. The Balaban J connectivity index is 1.36. The molecule has 2 aliphatic heterocycles. The predicted molar refractivity (Wildman–Crippen MR) is 110 cm³/mol. The first-order chi connectivity index (χ1) is 14.1. The van der Waals surface area contributed by atoms with Crippen LogP contribution in [0, 0.1) is 12.3 Å². The van der Waals surface area contributed by atoms with Crippen LogP contribution in [-0.4, -0.2) is 57.8 Å². The highest BCUT2D eigenvalue weighted by atomic mass is 16.2. The molecule has 2 aliphatic rings. The topological polar surface area (TPSA) is 66.4 Å². The molecule has 2 amide bonds. The molecule has 4 heterocycles. The molecule has 29 heavy (non-hydrogen) atoms. The van der Waals surface area contributed by atoms with Crippen LogP contribution in [0.5, 0.6) is 0 Å². The summed E-state index contributed by atoms with van der Waals surface area (Å²) in [6, 6.07) is 7.78. The van der Waals surface area contributed by atoms with Crippen molar-refractivity contribution >= 4 is 11.8 Å². The van der Waals surface area contributed by atoms with Gasteiger partial charge in [-0.25, -0.2) is 0 Å². The fraction of sp³-hybridized carbons (Fsp3) is 0.478. The first-order valence-corrected chi connectivity index (χ1v) is 10.4. The zero-order valence-electron chi connectivity index (χ0n) is 17.0. The molecule has 0 N–H and O–H groups in total. The lowest BCUT2D eigenvalue weighted by Gasteiger charge is -2.47. The van der Waals surface area contributed by atoms with E-state index in [9.17, 15) is 9.59 Å². The molecular weight excluding hydrogens is 364 g/mol. The van der Waals surface area contributed by atoms with Crippen LogP contribution in [0.3, 0.4) is 0 Å². The van der Waals surface area contributed by atoms with Gasteiger partial charge in [0.1, 0.15) is 0 Å².